The number of nitrogens with zero attached hydrogens (tertiary/aromatic N) is 1. The van der Waals surface area contributed by atoms with E-state index in [9.17, 15) is 9.59 Å². The molecule has 1 saturated heterocycles. The average Bonchev–Trinajstić information content (AvgIpc) is 2.40. The molecule has 0 aliphatic carbocycles. The topological polar surface area (TPSA) is 81.3 Å². The number of carbonyl (C=O) groups is 1. The number of hydrogen-bond donors (Lipinski definition) is 1. The first kappa shape index (κ1) is 13.7. The number of H-pyrrole nitrogens is 1. The molecule has 0 amide bonds. The minimum absolute atomic E-state index is 0.0600. The summed E-state index contributed by atoms with van der Waals surface area (Å²) in [6.45, 7) is 2.68. The van der Waals surface area contributed by atoms with Crippen molar-refractivity contribution in [3.05, 3.63) is 27.9 Å². The molecule has 1 aromatic heterocycles. The van der Waals surface area contributed by atoms with Crippen LogP contribution in [-0.4, -0.2) is 35.3 Å². The van der Waals surface area contributed by atoms with Gasteiger partial charge < -0.3 is 14.5 Å². The van der Waals surface area contributed by atoms with Crippen LogP contribution in [0, 0.1) is 0 Å². The summed E-state index contributed by atoms with van der Waals surface area (Å²) in [5, 5.41) is 0. The fourth-order valence-electron chi connectivity index (χ4n) is 2.07. The summed E-state index contributed by atoms with van der Waals surface area (Å²) in [4.78, 5) is 29.9. The second-order valence-corrected chi connectivity index (χ2v) is 4.49. The lowest BCUT2D eigenvalue weighted by Crippen LogP contribution is -2.26. The van der Waals surface area contributed by atoms with Gasteiger partial charge in [0.2, 0.25) is 0 Å². The summed E-state index contributed by atoms with van der Waals surface area (Å²) in [5.74, 6) is -0.0957. The lowest BCUT2D eigenvalue weighted by molar-refractivity contribution is 0.0156. The van der Waals surface area contributed by atoms with E-state index in [1.165, 1.54) is 6.20 Å². The maximum absolute atomic E-state index is 11.8. The molecule has 1 aliphatic rings. The van der Waals surface area contributed by atoms with Gasteiger partial charge >= 0.3 is 5.97 Å². The van der Waals surface area contributed by atoms with E-state index >= 15 is 0 Å². The standard InChI is InChI=1S/C13H18N2O4/c1-2-18-13(17)10-8-14-11(15-12(10)16)7-9-5-3-4-6-19-9/h8-9H,2-7H2,1H3,(H,14,15,16). The van der Waals surface area contributed by atoms with Crippen LogP contribution >= 0.6 is 0 Å². The lowest BCUT2D eigenvalue weighted by atomic mass is 10.1. The molecule has 0 aromatic carbocycles. The largest absolute Gasteiger partial charge is 0.462 e. The van der Waals surface area contributed by atoms with Gasteiger partial charge in [0.25, 0.3) is 5.56 Å². The molecule has 6 heteroatoms. The third kappa shape index (κ3) is 3.64. The summed E-state index contributed by atoms with van der Waals surface area (Å²) >= 11 is 0. The Labute approximate surface area is 111 Å². The summed E-state index contributed by atoms with van der Waals surface area (Å²) in [5.41, 5.74) is -0.519. The summed E-state index contributed by atoms with van der Waals surface area (Å²) < 4.78 is 10.4. The quantitative estimate of drug-likeness (QED) is 0.824. The first-order valence-corrected chi connectivity index (χ1v) is 6.57. The summed E-state index contributed by atoms with van der Waals surface area (Å²) in [6, 6.07) is 0. The van der Waals surface area contributed by atoms with E-state index in [4.69, 9.17) is 9.47 Å². The number of hydrogen-bond acceptors (Lipinski definition) is 5. The maximum atomic E-state index is 11.8. The predicted molar refractivity (Wildman–Crippen MR) is 68.1 cm³/mol. The maximum Gasteiger partial charge on any atom is 0.345 e. The Balaban J connectivity index is 2.05. The van der Waals surface area contributed by atoms with Crippen molar-refractivity contribution < 1.29 is 14.3 Å². The molecule has 1 atom stereocenters. The van der Waals surface area contributed by atoms with Gasteiger partial charge in [0.15, 0.2) is 0 Å². The van der Waals surface area contributed by atoms with Crippen molar-refractivity contribution in [2.75, 3.05) is 13.2 Å². The van der Waals surface area contributed by atoms with Gasteiger partial charge in [-0.25, -0.2) is 9.78 Å². The van der Waals surface area contributed by atoms with E-state index in [-0.39, 0.29) is 18.3 Å². The highest BCUT2D eigenvalue weighted by Gasteiger charge is 2.17. The SMILES string of the molecule is CCOC(=O)c1cnc(CC2CCCCO2)[nH]c1=O. The fourth-order valence-corrected chi connectivity index (χ4v) is 2.07. The van der Waals surface area contributed by atoms with Gasteiger partial charge in [0.05, 0.1) is 12.7 Å². The zero-order valence-corrected chi connectivity index (χ0v) is 11.0. The van der Waals surface area contributed by atoms with Crippen LogP contribution in [0.1, 0.15) is 42.4 Å². The van der Waals surface area contributed by atoms with Crippen molar-refractivity contribution >= 4 is 5.97 Å². The average molecular weight is 266 g/mol. The molecule has 2 rings (SSSR count). The molecule has 0 radical (unpaired) electrons. The number of rotatable bonds is 4. The van der Waals surface area contributed by atoms with Gasteiger partial charge in [-0.1, -0.05) is 0 Å². The van der Waals surface area contributed by atoms with Crippen molar-refractivity contribution in [1.29, 1.82) is 0 Å². The monoisotopic (exact) mass is 266 g/mol. The Morgan fingerprint density at radius 3 is 3.05 bits per heavy atom. The molecule has 1 aromatic rings. The smallest absolute Gasteiger partial charge is 0.345 e. The molecule has 2 heterocycles. The Kier molecular flexibility index (Phi) is 4.68. The summed E-state index contributed by atoms with van der Waals surface area (Å²) in [6.07, 6.45) is 5.14. The number of carbonyl (C=O) groups excluding carboxylic acids is 1. The minimum atomic E-state index is -0.642. The third-order valence-electron chi connectivity index (χ3n) is 3.04. The molecule has 6 nitrogen and oxygen atoms in total. The summed E-state index contributed by atoms with van der Waals surface area (Å²) in [7, 11) is 0. The number of nitrogens with one attached hydrogen (secondary N) is 1. The predicted octanol–water partition coefficient (Wildman–Crippen LogP) is 1.06. The zero-order chi connectivity index (χ0) is 13.7. The zero-order valence-electron chi connectivity index (χ0n) is 11.0. The first-order chi connectivity index (χ1) is 9.20. The van der Waals surface area contributed by atoms with E-state index in [1.54, 1.807) is 6.92 Å². The highest BCUT2D eigenvalue weighted by molar-refractivity contribution is 5.88. The van der Waals surface area contributed by atoms with Gasteiger partial charge in [-0.05, 0) is 26.2 Å². The van der Waals surface area contributed by atoms with Crippen LogP contribution in [-0.2, 0) is 15.9 Å². The lowest BCUT2D eigenvalue weighted by Gasteiger charge is -2.21. The Bertz CT molecular complexity index is 492. The molecule has 1 unspecified atom stereocenters. The van der Waals surface area contributed by atoms with Crippen molar-refractivity contribution in [1.82, 2.24) is 9.97 Å². The molecule has 19 heavy (non-hydrogen) atoms. The Morgan fingerprint density at radius 1 is 1.58 bits per heavy atom. The van der Waals surface area contributed by atoms with Crippen molar-refractivity contribution in [2.45, 2.75) is 38.7 Å². The molecule has 1 N–H and O–H groups in total. The van der Waals surface area contributed by atoms with E-state index in [1.807, 2.05) is 0 Å². The van der Waals surface area contributed by atoms with Gasteiger partial charge in [-0.2, -0.15) is 0 Å². The highest BCUT2D eigenvalue weighted by atomic mass is 16.5. The minimum Gasteiger partial charge on any atom is -0.462 e. The number of ether oxygens (including phenoxy) is 2. The Hall–Kier alpha value is -1.69. The molecule has 0 spiro atoms. The van der Waals surface area contributed by atoms with Crippen molar-refractivity contribution in [3.8, 4) is 0 Å². The molecule has 1 aliphatic heterocycles. The number of aromatic nitrogens is 2. The first-order valence-electron chi connectivity index (χ1n) is 6.57. The molecule has 1 fully saturated rings. The number of esters is 1. The van der Waals surface area contributed by atoms with Gasteiger partial charge in [-0.15, -0.1) is 0 Å². The van der Waals surface area contributed by atoms with Gasteiger partial charge in [-0.3, -0.25) is 4.79 Å². The van der Waals surface area contributed by atoms with Gasteiger partial charge in [0, 0.05) is 19.2 Å². The van der Waals surface area contributed by atoms with Crippen LogP contribution < -0.4 is 5.56 Å². The third-order valence-corrected chi connectivity index (χ3v) is 3.04. The normalized spacial score (nSPS) is 19.1. The van der Waals surface area contributed by atoms with Gasteiger partial charge in [0.1, 0.15) is 11.4 Å². The van der Waals surface area contributed by atoms with E-state index < -0.39 is 11.5 Å². The molecule has 104 valence electrons. The van der Waals surface area contributed by atoms with Crippen LogP contribution in [0.4, 0.5) is 0 Å². The van der Waals surface area contributed by atoms with Crippen molar-refractivity contribution in [3.63, 3.8) is 0 Å². The van der Waals surface area contributed by atoms with E-state index in [2.05, 4.69) is 9.97 Å². The highest BCUT2D eigenvalue weighted by Crippen LogP contribution is 2.15. The van der Waals surface area contributed by atoms with Crippen molar-refractivity contribution in [2.24, 2.45) is 0 Å². The fraction of sp³-hybridized carbons (Fsp3) is 0.615. The van der Waals surface area contributed by atoms with Crippen LogP contribution in [0.15, 0.2) is 11.0 Å². The van der Waals surface area contributed by atoms with Crippen LogP contribution in [0.2, 0.25) is 0 Å². The molecule has 0 bridgehead atoms. The van der Waals surface area contributed by atoms with Crippen LogP contribution in [0.3, 0.4) is 0 Å². The second kappa shape index (κ2) is 6.47. The van der Waals surface area contributed by atoms with Crippen LogP contribution in [0.25, 0.3) is 0 Å². The van der Waals surface area contributed by atoms with E-state index in [0.717, 1.165) is 25.9 Å². The second-order valence-electron chi connectivity index (χ2n) is 4.49. The van der Waals surface area contributed by atoms with Crippen LogP contribution in [0.5, 0.6) is 0 Å². The molecular weight excluding hydrogens is 248 g/mol. The molecular formula is C13H18N2O4. The molecule has 0 saturated carbocycles. The Morgan fingerprint density at radius 2 is 2.42 bits per heavy atom. The number of aromatic amines is 1. The van der Waals surface area contributed by atoms with E-state index in [0.29, 0.717) is 12.2 Å².